The molecule has 17 heavy (non-hydrogen) atoms. The molecule has 1 aliphatic rings. The zero-order chi connectivity index (χ0) is 12.3. The monoisotopic (exact) mass is 255 g/mol. The molecule has 1 N–H and O–H groups in total. The number of carbonyl (C=O) groups is 1. The molecule has 0 aromatic carbocycles. The molecule has 1 atom stereocenters. The van der Waals surface area contributed by atoms with Gasteiger partial charge < -0.3 is 10.0 Å². The summed E-state index contributed by atoms with van der Waals surface area (Å²) in [6.45, 7) is 2.92. The third-order valence-electron chi connectivity index (χ3n) is 3.06. The van der Waals surface area contributed by atoms with E-state index in [1.165, 1.54) is 11.5 Å². The first-order chi connectivity index (χ1) is 8.20. The Morgan fingerprint density at radius 3 is 3.06 bits per heavy atom. The number of hydrogen-bond acceptors (Lipinski definition) is 5. The first kappa shape index (κ1) is 12.3. The van der Waals surface area contributed by atoms with E-state index in [-0.39, 0.29) is 12.5 Å². The van der Waals surface area contributed by atoms with Crippen LogP contribution in [0, 0.1) is 0 Å². The van der Waals surface area contributed by atoms with Crippen LogP contribution in [-0.4, -0.2) is 33.0 Å². The number of rotatable bonds is 4. The second kappa shape index (κ2) is 5.44. The lowest BCUT2D eigenvalue weighted by Gasteiger charge is -2.34. The van der Waals surface area contributed by atoms with E-state index in [1.807, 2.05) is 6.92 Å². The molecule has 0 saturated carbocycles. The maximum Gasteiger partial charge on any atom is 0.305 e. The summed E-state index contributed by atoms with van der Waals surface area (Å²) in [6, 6.07) is 0.0823. The second-order valence-electron chi connectivity index (χ2n) is 4.29. The fourth-order valence-corrected chi connectivity index (χ4v) is 3.02. The maximum absolute atomic E-state index is 10.8. The van der Waals surface area contributed by atoms with Crippen LogP contribution in [0.2, 0.25) is 0 Å². The van der Waals surface area contributed by atoms with Crippen molar-refractivity contribution in [3.8, 4) is 0 Å². The highest BCUT2D eigenvalue weighted by Crippen LogP contribution is 2.27. The van der Waals surface area contributed by atoms with E-state index in [9.17, 15) is 4.79 Å². The molecule has 2 heterocycles. The van der Waals surface area contributed by atoms with E-state index in [4.69, 9.17) is 5.11 Å². The van der Waals surface area contributed by atoms with Crippen LogP contribution in [0.3, 0.4) is 0 Å². The number of hydrogen-bond donors (Lipinski definition) is 1. The number of aliphatic carboxylic acids is 1. The highest BCUT2D eigenvalue weighted by molar-refractivity contribution is 7.09. The van der Waals surface area contributed by atoms with Crippen molar-refractivity contribution in [3.63, 3.8) is 0 Å². The van der Waals surface area contributed by atoms with Gasteiger partial charge in [0.1, 0.15) is 5.82 Å². The number of aryl methyl sites for hydroxylation is 1. The molecule has 1 aromatic heterocycles. The normalized spacial score (nSPS) is 20.5. The molecule has 0 radical (unpaired) electrons. The largest absolute Gasteiger partial charge is 0.481 e. The number of nitrogens with zero attached hydrogens (tertiary/aromatic N) is 3. The van der Waals surface area contributed by atoms with Crippen LogP contribution in [0.15, 0.2) is 0 Å². The molecule has 0 spiro atoms. The Hall–Kier alpha value is -1.17. The summed E-state index contributed by atoms with van der Waals surface area (Å²) in [5, 5.41) is 9.80. The predicted octanol–water partition coefficient (Wildman–Crippen LogP) is 1.93. The van der Waals surface area contributed by atoms with Crippen molar-refractivity contribution in [2.75, 3.05) is 11.4 Å². The Balaban J connectivity index is 2.12. The van der Waals surface area contributed by atoms with Gasteiger partial charge in [-0.05, 0) is 19.3 Å². The van der Waals surface area contributed by atoms with Gasteiger partial charge in [-0.25, -0.2) is 4.98 Å². The van der Waals surface area contributed by atoms with Crippen LogP contribution >= 0.6 is 11.5 Å². The number of anilines is 1. The van der Waals surface area contributed by atoms with Crippen molar-refractivity contribution >= 4 is 22.6 Å². The minimum atomic E-state index is -0.734. The third kappa shape index (κ3) is 2.94. The van der Waals surface area contributed by atoms with Crippen molar-refractivity contribution in [3.05, 3.63) is 5.82 Å². The topological polar surface area (TPSA) is 66.3 Å². The zero-order valence-corrected chi connectivity index (χ0v) is 10.7. The van der Waals surface area contributed by atoms with Crippen LogP contribution < -0.4 is 4.90 Å². The van der Waals surface area contributed by atoms with Crippen molar-refractivity contribution < 1.29 is 9.90 Å². The first-order valence-electron chi connectivity index (χ1n) is 6.01. The van der Waals surface area contributed by atoms with Crippen molar-refractivity contribution in [2.45, 2.75) is 45.1 Å². The van der Waals surface area contributed by atoms with Crippen molar-refractivity contribution in [1.29, 1.82) is 0 Å². The third-order valence-corrected chi connectivity index (χ3v) is 3.85. The van der Waals surface area contributed by atoms with Gasteiger partial charge in [-0.2, -0.15) is 4.37 Å². The first-order valence-corrected chi connectivity index (χ1v) is 6.79. The summed E-state index contributed by atoms with van der Waals surface area (Å²) >= 11 is 1.38. The fourth-order valence-electron chi connectivity index (χ4n) is 2.17. The van der Waals surface area contributed by atoms with E-state index in [1.54, 1.807) is 0 Å². The minimum absolute atomic E-state index is 0.0823. The zero-order valence-electron chi connectivity index (χ0n) is 9.93. The molecule has 0 amide bonds. The highest BCUT2D eigenvalue weighted by atomic mass is 32.1. The number of carboxylic acids is 1. The molecule has 0 aliphatic carbocycles. The van der Waals surface area contributed by atoms with Gasteiger partial charge in [0.05, 0.1) is 6.42 Å². The van der Waals surface area contributed by atoms with Gasteiger partial charge in [-0.15, -0.1) is 0 Å². The quantitative estimate of drug-likeness (QED) is 0.890. The predicted molar refractivity (Wildman–Crippen MR) is 66.5 cm³/mol. The molecular formula is C11H17N3O2S. The highest BCUT2D eigenvalue weighted by Gasteiger charge is 2.27. The maximum atomic E-state index is 10.8. The number of aromatic nitrogens is 2. The summed E-state index contributed by atoms with van der Waals surface area (Å²) in [4.78, 5) is 17.4. The lowest BCUT2D eigenvalue weighted by atomic mass is 10.0. The van der Waals surface area contributed by atoms with Crippen LogP contribution in [0.1, 0.15) is 38.4 Å². The molecule has 1 aromatic rings. The molecule has 1 unspecified atom stereocenters. The van der Waals surface area contributed by atoms with E-state index >= 15 is 0 Å². The average molecular weight is 255 g/mol. The Morgan fingerprint density at radius 2 is 2.41 bits per heavy atom. The summed E-state index contributed by atoms with van der Waals surface area (Å²) in [7, 11) is 0. The minimum Gasteiger partial charge on any atom is -0.481 e. The average Bonchev–Trinajstić information content (AvgIpc) is 2.77. The van der Waals surface area contributed by atoms with Crippen LogP contribution in [0.4, 0.5) is 5.13 Å². The Morgan fingerprint density at radius 1 is 1.59 bits per heavy atom. The Kier molecular flexibility index (Phi) is 3.93. The summed E-state index contributed by atoms with van der Waals surface area (Å²) in [5.74, 6) is 0.117. The van der Waals surface area contributed by atoms with Gasteiger partial charge in [0, 0.05) is 30.5 Å². The van der Waals surface area contributed by atoms with E-state index in [2.05, 4.69) is 14.3 Å². The smallest absolute Gasteiger partial charge is 0.305 e. The number of carboxylic acid groups (broad SMARTS) is 1. The molecule has 1 aliphatic heterocycles. The second-order valence-corrected chi connectivity index (χ2v) is 5.02. The summed E-state index contributed by atoms with van der Waals surface area (Å²) < 4.78 is 4.26. The Bertz CT molecular complexity index is 394. The molecule has 1 fully saturated rings. The van der Waals surface area contributed by atoms with Gasteiger partial charge in [0.25, 0.3) is 0 Å². The van der Waals surface area contributed by atoms with Crippen LogP contribution in [-0.2, 0) is 11.2 Å². The molecule has 2 rings (SSSR count). The standard InChI is InChI=1S/C11H17N3O2S/c1-2-9-12-11(17-13-9)14-6-4-3-5-8(14)7-10(15)16/h8H,2-7H2,1H3,(H,15,16). The van der Waals surface area contributed by atoms with Gasteiger partial charge in [0.2, 0.25) is 5.13 Å². The molecule has 0 bridgehead atoms. The lowest BCUT2D eigenvalue weighted by Crippen LogP contribution is -2.40. The van der Waals surface area contributed by atoms with E-state index < -0.39 is 5.97 Å². The summed E-state index contributed by atoms with van der Waals surface area (Å²) in [5.41, 5.74) is 0. The number of piperidine rings is 1. The summed E-state index contributed by atoms with van der Waals surface area (Å²) in [6.07, 6.45) is 4.17. The van der Waals surface area contributed by atoms with Crippen molar-refractivity contribution in [2.24, 2.45) is 0 Å². The van der Waals surface area contributed by atoms with Crippen LogP contribution in [0.5, 0.6) is 0 Å². The van der Waals surface area contributed by atoms with E-state index in [0.717, 1.165) is 43.2 Å². The molecule has 1 saturated heterocycles. The Labute approximate surface area is 105 Å². The molecule has 5 nitrogen and oxygen atoms in total. The van der Waals surface area contributed by atoms with Gasteiger partial charge in [-0.1, -0.05) is 6.92 Å². The van der Waals surface area contributed by atoms with Crippen molar-refractivity contribution in [1.82, 2.24) is 9.36 Å². The van der Waals surface area contributed by atoms with Gasteiger partial charge in [-0.3, -0.25) is 4.79 Å². The van der Waals surface area contributed by atoms with Crippen LogP contribution in [0.25, 0.3) is 0 Å². The molecule has 6 heteroatoms. The fraction of sp³-hybridized carbons (Fsp3) is 0.727. The molecule has 94 valence electrons. The van der Waals surface area contributed by atoms with Gasteiger partial charge in [0.15, 0.2) is 0 Å². The lowest BCUT2D eigenvalue weighted by molar-refractivity contribution is -0.137. The van der Waals surface area contributed by atoms with Gasteiger partial charge >= 0.3 is 5.97 Å². The SMILES string of the molecule is CCc1nsc(N2CCCCC2CC(=O)O)n1. The van der Waals surface area contributed by atoms with E-state index in [0.29, 0.717) is 0 Å². The molecular weight excluding hydrogens is 238 g/mol.